The molecule has 0 heterocycles. The number of hydrogen-bond acceptors (Lipinski definition) is 3. The molecule has 3 aromatic rings. The molecule has 0 atom stereocenters. The Morgan fingerprint density at radius 2 is 1.36 bits per heavy atom. The second-order valence-electron chi connectivity index (χ2n) is 8.24. The van der Waals surface area contributed by atoms with Crippen LogP contribution in [0.1, 0.15) is 38.2 Å². The Labute approximate surface area is 194 Å². The number of benzene rings is 3. The van der Waals surface area contributed by atoms with Crippen molar-refractivity contribution >= 4 is 18.0 Å². The van der Waals surface area contributed by atoms with Crippen LogP contribution >= 0.6 is 0 Å². The Bertz CT molecular complexity index is 1120. The molecule has 5 nitrogen and oxygen atoms in total. The summed E-state index contributed by atoms with van der Waals surface area (Å²) in [5.41, 5.74) is 13.7. The number of aliphatic carboxylic acids is 1. The first-order valence-corrected chi connectivity index (χ1v) is 10.9. The van der Waals surface area contributed by atoms with E-state index in [9.17, 15) is 9.59 Å². The third kappa shape index (κ3) is 6.64. The number of nitrogens with two attached hydrogens (primary N) is 1. The van der Waals surface area contributed by atoms with Gasteiger partial charge in [-0.3, -0.25) is 4.79 Å². The molecule has 5 rings (SSSR count). The van der Waals surface area contributed by atoms with E-state index in [0.29, 0.717) is 5.56 Å². The zero-order chi connectivity index (χ0) is 23.8. The van der Waals surface area contributed by atoms with Crippen LogP contribution in [0.5, 0.6) is 0 Å². The topological polar surface area (TPSA) is 101 Å². The van der Waals surface area contributed by atoms with Crippen molar-refractivity contribution in [3.8, 4) is 0 Å². The molecular weight excluding hydrogens is 414 g/mol. The Balaban J connectivity index is 0.000000173. The van der Waals surface area contributed by atoms with Crippen LogP contribution in [0.25, 0.3) is 6.08 Å². The summed E-state index contributed by atoms with van der Waals surface area (Å²) in [7, 11) is 0. The lowest BCUT2D eigenvalue weighted by molar-refractivity contribution is -0.135. The van der Waals surface area contributed by atoms with Crippen LogP contribution in [0.3, 0.4) is 0 Å². The molecule has 0 unspecified atom stereocenters. The minimum atomic E-state index is -0.968. The number of rotatable bonds is 3. The highest BCUT2D eigenvalue weighted by molar-refractivity contribution is 5.87. The summed E-state index contributed by atoms with van der Waals surface area (Å²) < 4.78 is 0. The van der Waals surface area contributed by atoms with Gasteiger partial charge in [-0.2, -0.15) is 0 Å². The maximum Gasteiger partial charge on any atom is 0.335 e. The fraction of sp³-hybridized carbons (Fsp3) is 0.214. The van der Waals surface area contributed by atoms with E-state index < -0.39 is 11.9 Å². The quantitative estimate of drug-likeness (QED) is 0.542. The second kappa shape index (κ2) is 11.2. The van der Waals surface area contributed by atoms with E-state index in [1.54, 1.807) is 41.0 Å². The number of carboxylic acids is 2. The summed E-state index contributed by atoms with van der Waals surface area (Å²) >= 11 is 0. The highest BCUT2D eigenvalue weighted by Crippen LogP contribution is 2.37. The minimum Gasteiger partial charge on any atom is -0.480 e. The van der Waals surface area contributed by atoms with Gasteiger partial charge in [0, 0.05) is 0 Å². The van der Waals surface area contributed by atoms with Gasteiger partial charge in [-0.15, -0.1) is 0 Å². The van der Waals surface area contributed by atoms with Crippen molar-refractivity contribution in [1.29, 1.82) is 0 Å². The summed E-state index contributed by atoms with van der Waals surface area (Å²) in [5, 5.41) is 16.1. The van der Waals surface area contributed by atoms with Gasteiger partial charge in [-0.25, -0.2) is 4.79 Å². The van der Waals surface area contributed by atoms with Gasteiger partial charge in [0.2, 0.25) is 0 Å². The van der Waals surface area contributed by atoms with Gasteiger partial charge >= 0.3 is 11.9 Å². The molecule has 0 aliphatic heterocycles. The molecule has 0 spiro atoms. The van der Waals surface area contributed by atoms with Crippen LogP contribution in [-0.4, -0.2) is 28.7 Å². The van der Waals surface area contributed by atoms with Gasteiger partial charge in [0.05, 0.1) is 12.1 Å². The van der Waals surface area contributed by atoms with Crippen molar-refractivity contribution in [3.63, 3.8) is 0 Å². The van der Waals surface area contributed by atoms with Crippen LogP contribution in [0.4, 0.5) is 0 Å². The molecule has 0 bridgehead atoms. The molecule has 0 saturated heterocycles. The molecule has 0 radical (unpaired) electrons. The summed E-state index contributed by atoms with van der Waals surface area (Å²) in [5.74, 6) is -1.11. The number of carboxylic acid groups (broad SMARTS) is 2. The monoisotopic (exact) mass is 443 g/mol. The number of hydrogen-bond donors (Lipinski definition) is 3. The van der Waals surface area contributed by atoms with E-state index in [1.165, 1.54) is 24.0 Å². The summed E-state index contributed by atoms with van der Waals surface area (Å²) in [6.45, 7) is 1.64. The zero-order valence-corrected chi connectivity index (χ0v) is 18.7. The lowest BCUT2D eigenvalue weighted by Crippen LogP contribution is -2.10. The van der Waals surface area contributed by atoms with E-state index >= 15 is 0 Å². The van der Waals surface area contributed by atoms with Crippen LogP contribution in [0.2, 0.25) is 0 Å². The van der Waals surface area contributed by atoms with Crippen molar-refractivity contribution in [2.24, 2.45) is 11.7 Å². The number of allylic oxidation sites excluding steroid dienone is 1. The molecule has 3 aromatic carbocycles. The Morgan fingerprint density at radius 1 is 0.848 bits per heavy atom. The third-order valence-corrected chi connectivity index (χ3v) is 5.84. The lowest BCUT2D eigenvalue weighted by Gasteiger charge is -2.10. The summed E-state index contributed by atoms with van der Waals surface area (Å²) in [6.07, 6.45) is 6.05. The average Bonchev–Trinajstić information content (AvgIpc) is 3.44. The van der Waals surface area contributed by atoms with Crippen molar-refractivity contribution < 1.29 is 19.8 Å². The summed E-state index contributed by atoms with van der Waals surface area (Å²) in [4.78, 5) is 19.6. The normalized spacial score (nSPS) is 13.5. The van der Waals surface area contributed by atoms with E-state index in [-0.39, 0.29) is 6.54 Å². The first-order valence-electron chi connectivity index (χ1n) is 10.9. The smallest absolute Gasteiger partial charge is 0.335 e. The molecular formula is C28H29NO4. The number of aromatic carboxylic acids is 1. The molecule has 2 aliphatic rings. The van der Waals surface area contributed by atoms with E-state index in [0.717, 1.165) is 17.9 Å². The minimum absolute atomic E-state index is 0.278. The molecule has 0 aromatic heterocycles. The average molecular weight is 444 g/mol. The van der Waals surface area contributed by atoms with Crippen molar-refractivity contribution in [2.75, 3.05) is 6.54 Å². The van der Waals surface area contributed by atoms with Gasteiger partial charge < -0.3 is 15.9 Å². The van der Waals surface area contributed by atoms with Gasteiger partial charge in [-0.05, 0) is 66.5 Å². The highest BCUT2D eigenvalue weighted by Gasteiger charge is 2.26. The van der Waals surface area contributed by atoms with Gasteiger partial charge in [0.15, 0.2) is 0 Å². The van der Waals surface area contributed by atoms with Crippen LogP contribution in [0.15, 0.2) is 78.4 Å². The first kappa shape index (κ1) is 24.0. The molecule has 170 valence electrons. The number of carbonyl (C=O) groups is 2. The SMILES string of the molecule is C1=C(C2Cc3ccccc3C2)Cc2ccccc21.Cc1ccc(C(=O)O)cc1.NCC(=O)O. The fourth-order valence-corrected chi connectivity index (χ4v) is 4.09. The Kier molecular flexibility index (Phi) is 8.17. The molecule has 33 heavy (non-hydrogen) atoms. The van der Waals surface area contributed by atoms with Crippen LogP contribution in [0, 0.1) is 12.8 Å². The molecule has 5 heteroatoms. The van der Waals surface area contributed by atoms with Crippen molar-refractivity contribution in [3.05, 3.63) is 112 Å². The fourth-order valence-electron chi connectivity index (χ4n) is 4.09. The highest BCUT2D eigenvalue weighted by atomic mass is 16.4. The number of fused-ring (bicyclic) bond motifs is 2. The van der Waals surface area contributed by atoms with Gasteiger partial charge in [0.25, 0.3) is 0 Å². The standard InChI is InChI=1S/C18H16.C8H8O2.C2H5NO2/c1-2-6-14-10-17(9-13(14)5-1)18-11-15-7-3-4-8-16(15)12-18;1-6-2-4-7(5-3-6)8(9)10;3-1-2(4)5/h1-9,18H,10-12H2;2-5H,1H3,(H,9,10);1,3H2,(H,4,5). The van der Waals surface area contributed by atoms with Gasteiger partial charge in [0.1, 0.15) is 0 Å². The third-order valence-electron chi connectivity index (χ3n) is 5.84. The van der Waals surface area contributed by atoms with Crippen LogP contribution in [-0.2, 0) is 24.1 Å². The number of aryl methyl sites for hydroxylation is 1. The maximum absolute atomic E-state index is 10.3. The van der Waals surface area contributed by atoms with Gasteiger partial charge in [-0.1, -0.05) is 77.9 Å². The second-order valence-corrected chi connectivity index (χ2v) is 8.24. The molecule has 2 aliphatic carbocycles. The Hall–Kier alpha value is -3.70. The molecule has 0 fully saturated rings. The van der Waals surface area contributed by atoms with E-state index in [4.69, 9.17) is 10.2 Å². The van der Waals surface area contributed by atoms with Crippen molar-refractivity contribution in [1.82, 2.24) is 0 Å². The van der Waals surface area contributed by atoms with E-state index in [1.807, 2.05) is 6.92 Å². The van der Waals surface area contributed by atoms with E-state index in [2.05, 4.69) is 60.3 Å². The Morgan fingerprint density at radius 3 is 1.85 bits per heavy atom. The predicted molar refractivity (Wildman–Crippen MR) is 130 cm³/mol. The summed E-state index contributed by atoms with van der Waals surface area (Å²) in [6, 6.07) is 24.5. The molecule has 0 saturated carbocycles. The maximum atomic E-state index is 10.3. The van der Waals surface area contributed by atoms with Crippen LogP contribution < -0.4 is 5.73 Å². The first-order chi connectivity index (χ1) is 15.9. The molecule has 0 amide bonds. The largest absolute Gasteiger partial charge is 0.480 e. The predicted octanol–water partition coefficient (Wildman–Crippen LogP) is 4.76. The lowest BCUT2D eigenvalue weighted by atomic mass is 9.94. The molecule has 4 N–H and O–H groups in total. The zero-order valence-electron chi connectivity index (χ0n) is 18.7. The van der Waals surface area contributed by atoms with Crippen molar-refractivity contribution in [2.45, 2.75) is 26.2 Å².